The molecule has 1 N–H and O–H groups in total. The highest BCUT2D eigenvalue weighted by Crippen LogP contribution is 2.30. The smallest absolute Gasteiger partial charge is 0.290 e. The van der Waals surface area contributed by atoms with Crippen molar-refractivity contribution in [3.05, 3.63) is 77.9 Å². The number of pyridine rings is 1. The van der Waals surface area contributed by atoms with Crippen molar-refractivity contribution in [3.8, 4) is 10.8 Å². The first-order valence-electron chi connectivity index (χ1n) is 8.92. The number of nitrogens with one attached hydrogen (secondary N) is 1. The van der Waals surface area contributed by atoms with Gasteiger partial charge in [-0.05, 0) is 43.3 Å². The number of carbonyl (C=O) groups is 1. The van der Waals surface area contributed by atoms with Crippen molar-refractivity contribution in [2.24, 2.45) is 5.10 Å². The van der Waals surface area contributed by atoms with Crippen LogP contribution in [-0.4, -0.2) is 26.5 Å². The Kier molecular flexibility index (Phi) is 4.18. The van der Waals surface area contributed by atoms with Gasteiger partial charge in [0.2, 0.25) is 0 Å². The summed E-state index contributed by atoms with van der Waals surface area (Å²) in [6.45, 7) is 1.79. The fourth-order valence-corrected chi connectivity index (χ4v) is 4.04. The van der Waals surface area contributed by atoms with E-state index in [4.69, 9.17) is 4.42 Å². The Morgan fingerprint density at radius 1 is 1.14 bits per heavy atom. The summed E-state index contributed by atoms with van der Waals surface area (Å²) in [5.74, 6) is 0.849. The quantitative estimate of drug-likeness (QED) is 0.360. The number of aryl methyl sites for hydroxylation is 1. The lowest BCUT2D eigenvalue weighted by Crippen LogP contribution is -2.20. The van der Waals surface area contributed by atoms with E-state index in [2.05, 4.69) is 20.5 Å². The van der Waals surface area contributed by atoms with Gasteiger partial charge >= 0.3 is 0 Å². The maximum Gasteiger partial charge on any atom is 0.290 e. The molecule has 0 aliphatic heterocycles. The van der Waals surface area contributed by atoms with E-state index >= 15 is 0 Å². The number of hydrazone groups is 1. The number of para-hydroxylation sites is 1. The van der Waals surface area contributed by atoms with Gasteiger partial charge in [-0.3, -0.25) is 9.20 Å². The number of furan rings is 1. The minimum absolute atomic E-state index is 0.338. The molecule has 0 aliphatic rings. The first kappa shape index (κ1) is 17.3. The molecule has 1 amide bonds. The molecule has 0 bridgehead atoms. The van der Waals surface area contributed by atoms with Crippen LogP contribution in [0.2, 0.25) is 0 Å². The third-order valence-corrected chi connectivity index (χ3v) is 5.46. The second-order valence-electron chi connectivity index (χ2n) is 6.36. The van der Waals surface area contributed by atoms with Crippen LogP contribution in [0.25, 0.3) is 26.6 Å². The first-order valence-corrected chi connectivity index (χ1v) is 9.73. The topological polar surface area (TPSA) is 84.8 Å². The van der Waals surface area contributed by atoms with Crippen LogP contribution < -0.4 is 5.43 Å². The van der Waals surface area contributed by atoms with Gasteiger partial charge in [-0.1, -0.05) is 18.2 Å². The molecule has 29 heavy (non-hydrogen) atoms. The number of benzene rings is 1. The summed E-state index contributed by atoms with van der Waals surface area (Å²) in [6.07, 6.45) is 3.26. The molecule has 0 saturated carbocycles. The lowest BCUT2D eigenvalue weighted by Gasteiger charge is -2.00. The number of rotatable bonds is 4. The first-order chi connectivity index (χ1) is 14.2. The minimum Gasteiger partial charge on any atom is -0.453 e. The van der Waals surface area contributed by atoms with E-state index in [-0.39, 0.29) is 5.91 Å². The molecule has 7 nitrogen and oxygen atoms in total. The van der Waals surface area contributed by atoms with Gasteiger partial charge in [0.1, 0.15) is 17.1 Å². The van der Waals surface area contributed by atoms with E-state index in [0.29, 0.717) is 28.6 Å². The normalized spacial score (nSPS) is 11.6. The fourth-order valence-electron chi connectivity index (χ4n) is 3.11. The molecule has 0 unspecified atom stereocenters. The Hall–Kier alpha value is -3.78. The van der Waals surface area contributed by atoms with Crippen LogP contribution in [0.4, 0.5) is 0 Å². The van der Waals surface area contributed by atoms with Gasteiger partial charge in [-0.2, -0.15) is 5.10 Å². The van der Waals surface area contributed by atoms with E-state index in [1.807, 2.05) is 48.5 Å². The zero-order valence-corrected chi connectivity index (χ0v) is 16.2. The van der Waals surface area contributed by atoms with Crippen molar-refractivity contribution >= 4 is 39.3 Å². The molecule has 8 heteroatoms. The van der Waals surface area contributed by atoms with Crippen molar-refractivity contribution in [1.29, 1.82) is 0 Å². The molecule has 0 spiro atoms. The standard InChI is InChI=1S/C21H15N5O2S/c1-13-19(26-11-5-4-8-18(26)23-13)20(27)25-22-12-14-9-10-16(28-14)21-24-15-6-2-3-7-17(15)29-21/h2-12H,1H3,(H,25,27)/b22-12-. The van der Waals surface area contributed by atoms with Gasteiger partial charge in [0.05, 0.1) is 22.1 Å². The largest absolute Gasteiger partial charge is 0.453 e. The van der Waals surface area contributed by atoms with Crippen LogP contribution in [0.3, 0.4) is 0 Å². The van der Waals surface area contributed by atoms with Crippen LogP contribution in [0.5, 0.6) is 0 Å². The number of aromatic nitrogens is 3. The van der Waals surface area contributed by atoms with Gasteiger partial charge in [0.15, 0.2) is 10.8 Å². The Bertz CT molecular complexity index is 1350. The molecule has 0 radical (unpaired) electrons. The SMILES string of the molecule is Cc1nc2ccccn2c1C(=O)N/N=C\c1ccc(-c2nc3ccccc3s2)o1. The summed E-state index contributed by atoms with van der Waals surface area (Å²) in [6, 6.07) is 17.1. The summed E-state index contributed by atoms with van der Waals surface area (Å²) in [5, 5.41) is 4.82. The Labute approximate surface area is 169 Å². The number of hydrogen-bond donors (Lipinski definition) is 1. The summed E-state index contributed by atoms with van der Waals surface area (Å²) < 4.78 is 8.63. The van der Waals surface area contributed by atoms with E-state index in [1.165, 1.54) is 6.21 Å². The third-order valence-electron chi connectivity index (χ3n) is 4.41. The Morgan fingerprint density at radius 2 is 2.00 bits per heavy atom. The average Bonchev–Trinajstić information content (AvgIpc) is 3.43. The van der Waals surface area contributed by atoms with Crippen molar-refractivity contribution in [1.82, 2.24) is 19.8 Å². The Morgan fingerprint density at radius 3 is 2.90 bits per heavy atom. The highest BCUT2D eigenvalue weighted by Gasteiger charge is 2.15. The lowest BCUT2D eigenvalue weighted by atomic mass is 10.3. The van der Waals surface area contributed by atoms with Crippen LogP contribution in [-0.2, 0) is 0 Å². The van der Waals surface area contributed by atoms with Crippen molar-refractivity contribution in [2.45, 2.75) is 6.92 Å². The molecular formula is C21H15N5O2S. The molecule has 5 rings (SSSR count). The van der Waals surface area contributed by atoms with E-state index in [1.54, 1.807) is 34.9 Å². The average molecular weight is 401 g/mol. The van der Waals surface area contributed by atoms with Crippen LogP contribution in [0.1, 0.15) is 21.9 Å². The second-order valence-corrected chi connectivity index (χ2v) is 7.39. The molecule has 4 aromatic heterocycles. The number of hydrogen-bond acceptors (Lipinski definition) is 6. The minimum atomic E-state index is -0.338. The van der Waals surface area contributed by atoms with Crippen LogP contribution in [0.15, 0.2) is 70.3 Å². The molecule has 5 aromatic rings. The van der Waals surface area contributed by atoms with Crippen LogP contribution >= 0.6 is 11.3 Å². The van der Waals surface area contributed by atoms with E-state index in [9.17, 15) is 4.79 Å². The van der Waals surface area contributed by atoms with Gasteiger partial charge in [0.25, 0.3) is 5.91 Å². The molecule has 0 saturated heterocycles. The zero-order chi connectivity index (χ0) is 19.8. The molecule has 142 valence electrons. The molecule has 0 fully saturated rings. The maximum atomic E-state index is 12.5. The predicted octanol–water partition coefficient (Wildman–Crippen LogP) is 4.28. The zero-order valence-electron chi connectivity index (χ0n) is 15.4. The van der Waals surface area contributed by atoms with Gasteiger partial charge in [-0.25, -0.2) is 15.4 Å². The molecule has 4 heterocycles. The van der Waals surface area contributed by atoms with Crippen molar-refractivity contribution in [2.75, 3.05) is 0 Å². The van der Waals surface area contributed by atoms with Gasteiger partial charge in [0, 0.05) is 6.20 Å². The van der Waals surface area contributed by atoms with Crippen molar-refractivity contribution in [3.63, 3.8) is 0 Å². The van der Waals surface area contributed by atoms with Crippen molar-refractivity contribution < 1.29 is 9.21 Å². The number of thiazole rings is 1. The van der Waals surface area contributed by atoms with Gasteiger partial charge < -0.3 is 4.42 Å². The monoisotopic (exact) mass is 401 g/mol. The molecule has 1 aromatic carbocycles. The predicted molar refractivity (Wildman–Crippen MR) is 112 cm³/mol. The second kappa shape index (κ2) is 6.99. The summed E-state index contributed by atoms with van der Waals surface area (Å²) in [7, 11) is 0. The maximum absolute atomic E-state index is 12.5. The van der Waals surface area contributed by atoms with E-state index in [0.717, 1.165) is 15.2 Å². The summed E-state index contributed by atoms with van der Waals surface area (Å²) in [5.41, 5.74) is 5.28. The number of nitrogens with zero attached hydrogens (tertiary/aromatic N) is 4. The molecular weight excluding hydrogens is 386 g/mol. The lowest BCUT2D eigenvalue weighted by molar-refractivity contribution is 0.0948. The number of fused-ring (bicyclic) bond motifs is 2. The number of carbonyl (C=O) groups excluding carboxylic acids is 1. The highest BCUT2D eigenvalue weighted by molar-refractivity contribution is 7.21. The Balaban J connectivity index is 1.33. The number of amides is 1. The number of imidazole rings is 1. The third kappa shape index (κ3) is 3.19. The summed E-state index contributed by atoms with van der Waals surface area (Å²) >= 11 is 1.56. The van der Waals surface area contributed by atoms with Gasteiger partial charge in [-0.15, -0.1) is 11.3 Å². The van der Waals surface area contributed by atoms with Crippen LogP contribution in [0, 0.1) is 6.92 Å². The highest BCUT2D eigenvalue weighted by atomic mass is 32.1. The molecule has 0 atom stereocenters. The fraction of sp³-hybridized carbons (Fsp3) is 0.0476. The molecule has 0 aliphatic carbocycles. The van der Waals surface area contributed by atoms with E-state index < -0.39 is 0 Å². The summed E-state index contributed by atoms with van der Waals surface area (Å²) in [4.78, 5) is 21.5.